The van der Waals surface area contributed by atoms with Crippen LogP contribution in [0.15, 0.2) is 17.8 Å². The van der Waals surface area contributed by atoms with Gasteiger partial charge in [-0.05, 0) is 6.42 Å². The summed E-state index contributed by atoms with van der Waals surface area (Å²) in [5.41, 5.74) is 3.00. The standard InChI is InChI=1S/C11H16N4S/c1-3-4-9-5-11(15(2)14-9)13-7-10-6-12-8-16-10/h5-6,8,13H,3-4,7H2,1-2H3. The number of hydrogen-bond acceptors (Lipinski definition) is 4. The van der Waals surface area contributed by atoms with E-state index in [0.717, 1.165) is 30.9 Å². The summed E-state index contributed by atoms with van der Waals surface area (Å²) in [5.74, 6) is 1.07. The second-order valence-corrected chi connectivity index (χ2v) is 4.69. The van der Waals surface area contributed by atoms with E-state index in [2.05, 4.69) is 28.4 Å². The van der Waals surface area contributed by atoms with Crippen LogP contribution in [-0.2, 0) is 20.0 Å². The van der Waals surface area contributed by atoms with Gasteiger partial charge in [-0.15, -0.1) is 11.3 Å². The van der Waals surface area contributed by atoms with Crippen molar-refractivity contribution < 1.29 is 0 Å². The van der Waals surface area contributed by atoms with E-state index in [-0.39, 0.29) is 0 Å². The fourth-order valence-corrected chi connectivity index (χ4v) is 2.11. The normalized spacial score (nSPS) is 10.6. The van der Waals surface area contributed by atoms with Crippen molar-refractivity contribution in [3.8, 4) is 0 Å². The highest BCUT2D eigenvalue weighted by atomic mass is 32.1. The van der Waals surface area contributed by atoms with E-state index in [1.54, 1.807) is 11.3 Å². The van der Waals surface area contributed by atoms with Crippen molar-refractivity contribution in [3.63, 3.8) is 0 Å². The lowest BCUT2D eigenvalue weighted by Gasteiger charge is -2.03. The van der Waals surface area contributed by atoms with Crippen LogP contribution in [0.3, 0.4) is 0 Å². The number of anilines is 1. The van der Waals surface area contributed by atoms with Crippen molar-refractivity contribution in [2.75, 3.05) is 5.32 Å². The third-order valence-corrected chi connectivity index (χ3v) is 3.14. The molecule has 0 aliphatic rings. The average Bonchev–Trinajstić information content (AvgIpc) is 2.86. The Morgan fingerprint density at radius 3 is 3.06 bits per heavy atom. The Labute approximate surface area is 99.3 Å². The number of rotatable bonds is 5. The van der Waals surface area contributed by atoms with Crippen molar-refractivity contribution in [2.45, 2.75) is 26.3 Å². The van der Waals surface area contributed by atoms with Crippen molar-refractivity contribution in [3.05, 3.63) is 28.3 Å². The summed E-state index contributed by atoms with van der Waals surface area (Å²) in [7, 11) is 1.97. The Bertz CT molecular complexity index is 433. The number of nitrogens with one attached hydrogen (secondary N) is 1. The number of nitrogens with zero attached hydrogens (tertiary/aromatic N) is 3. The van der Waals surface area contributed by atoms with Gasteiger partial charge in [0, 0.05) is 24.2 Å². The van der Waals surface area contributed by atoms with E-state index in [1.165, 1.54) is 4.88 Å². The molecule has 0 amide bonds. The zero-order chi connectivity index (χ0) is 11.4. The largest absolute Gasteiger partial charge is 0.365 e. The zero-order valence-electron chi connectivity index (χ0n) is 9.60. The molecule has 0 bridgehead atoms. The van der Waals surface area contributed by atoms with Crippen molar-refractivity contribution in [1.29, 1.82) is 0 Å². The van der Waals surface area contributed by atoms with Gasteiger partial charge in [-0.1, -0.05) is 13.3 Å². The van der Waals surface area contributed by atoms with Crippen LogP contribution >= 0.6 is 11.3 Å². The second-order valence-electron chi connectivity index (χ2n) is 3.72. The van der Waals surface area contributed by atoms with E-state index < -0.39 is 0 Å². The molecule has 2 rings (SSSR count). The van der Waals surface area contributed by atoms with Gasteiger partial charge in [-0.2, -0.15) is 5.10 Å². The van der Waals surface area contributed by atoms with Gasteiger partial charge in [0.15, 0.2) is 0 Å². The van der Waals surface area contributed by atoms with Crippen LogP contribution in [-0.4, -0.2) is 14.8 Å². The highest BCUT2D eigenvalue weighted by Gasteiger charge is 2.04. The topological polar surface area (TPSA) is 42.7 Å². The van der Waals surface area contributed by atoms with Crippen molar-refractivity contribution in [1.82, 2.24) is 14.8 Å². The SMILES string of the molecule is CCCc1cc(NCc2cncs2)n(C)n1. The molecule has 0 aliphatic heterocycles. The predicted octanol–water partition coefficient (Wildman–Crippen LogP) is 2.44. The second kappa shape index (κ2) is 5.12. The smallest absolute Gasteiger partial charge is 0.124 e. The lowest BCUT2D eigenvalue weighted by atomic mass is 10.2. The molecule has 0 saturated carbocycles. The van der Waals surface area contributed by atoms with Gasteiger partial charge < -0.3 is 5.32 Å². The maximum atomic E-state index is 4.44. The summed E-state index contributed by atoms with van der Waals surface area (Å²) in [5, 5.41) is 7.81. The highest BCUT2D eigenvalue weighted by Crippen LogP contribution is 2.13. The molecule has 2 aromatic rings. The minimum Gasteiger partial charge on any atom is -0.365 e. The Hall–Kier alpha value is -1.36. The molecule has 2 heterocycles. The summed E-state index contributed by atoms with van der Waals surface area (Å²) in [6.07, 6.45) is 4.06. The predicted molar refractivity (Wildman–Crippen MR) is 66.6 cm³/mol. The van der Waals surface area contributed by atoms with Crippen LogP contribution in [0.5, 0.6) is 0 Å². The summed E-state index contributed by atoms with van der Waals surface area (Å²) >= 11 is 1.66. The summed E-state index contributed by atoms with van der Waals surface area (Å²) in [6, 6.07) is 2.12. The molecule has 86 valence electrons. The Morgan fingerprint density at radius 1 is 1.50 bits per heavy atom. The molecule has 0 aliphatic carbocycles. The first-order valence-corrected chi connectivity index (χ1v) is 6.31. The van der Waals surface area contributed by atoms with Gasteiger partial charge in [0.25, 0.3) is 0 Å². The molecular formula is C11H16N4S. The van der Waals surface area contributed by atoms with E-state index in [0.29, 0.717) is 0 Å². The first-order chi connectivity index (χ1) is 7.79. The molecule has 1 N–H and O–H groups in total. The molecule has 0 fully saturated rings. The third-order valence-electron chi connectivity index (χ3n) is 2.36. The van der Waals surface area contributed by atoms with Gasteiger partial charge in [-0.3, -0.25) is 9.67 Å². The van der Waals surface area contributed by atoms with Crippen LogP contribution in [0.4, 0.5) is 5.82 Å². The van der Waals surface area contributed by atoms with Crippen LogP contribution in [0.1, 0.15) is 23.9 Å². The molecule has 2 aromatic heterocycles. The lowest BCUT2D eigenvalue weighted by molar-refractivity contribution is 0.735. The minimum atomic E-state index is 0.815. The number of thiazole rings is 1. The quantitative estimate of drug-likeness (QED) is 0.867. The summed E-state index contributed by atoms with van der Waals surface area (Å²) < 4.78 is 1.89. The van der Waals surface area contributed by atoms with Gasteiger partial charge in [0.05, 0.1) is 17.7 Å². The highest BCUT2D eigenvalue weighted by molar-refractivity contribution is 7.09. The molecule has 0 saturated heterocycles. The fourth-order valence-electron chi connectivity index (χ4n) is 1.58. The summed E-state index contributed by atoms with van der Waals surface area (Å²) in [4.78, 5) is 5.28. The number of aromatic nitrogens is 3. The van der Waals surface area contributed by atoms with Crippen molar-refractivity contribution in [2.24, 2.45) is 7.05 Å². The average molecular weight is 236 g/mol. The maximum absolute atomic E-state index is 4.44. The first-order valence-electron chi connectivity index (χ1n) is 5.43. The molecule has 0 unspecified atom stereocenters. The molecule has 0 radical (unpaired) electrons. The lowest BCUT2D eigenvalue weighted by Crippen LogP contribution is -2.03. The van der Waals surface area contributed by atoms with Crippen LogP contribution in [0, 0.1) is 0 Å². The maximum Gasteiger partial charge on any atom is 0.124 e. The van der Waals surface area contributed by atoms with Gasteiger partial charge in [0.1, 0.15) is 5.82 Å². The Balaban J connectivity index is 1.98. The number of hydrogen-bond donors (Lipinski definition) is 1. The van der Waals surface area contributed by atoms with E-state index in [4.69, 9.17) is 0 Å². The molecule has 0 spiro atoms. The van der Waals surface area contributed by atoms with E-state index >= 15 is 0 Å². The van der Waals surface area contributed by atoms with Crippen LogP contribution in [0.2, 0.25) is 0 Å². The van der Waals surface area contributed by atoms with Crippen LogP contribution in [0.25, 0.3) is 0 Å². The number of aryl methyl sites for hydroxylation is 2. The van der Waals surface area contributed by atoms with Gasteiger partial charge in [0.2, 0.25) is 0 Å². The molecule has 0 atom stereocenters. The van der Waals surface area contributed by atoms with Crippen molar-refractivity contribution >= 4 is 17.2 Å². The Kier molecular flexibility index (Phi) is 3.56. The summed E-state index contributed by atoms with van der Waals surface area (Å²) in [6.45, 7) is 2.98. The molecule has 4 nitrogen and oxygen atoms in total. The molecule has 5 heteroatoms. The van der Waals surface area contributed by atoms with E-state index in [1.807, 2.05) is 23.4 Å². The Morgan fingerprint density at radius 2 is 2.38 bits per heavy atom. The van der Waals surface area contributed by atoms with Gasteiger partial charge in [-0.25, -0.2) is 0 Å². The fraction of sp³-hybridized carbons (Fsp3) is 0.455. The monoisotopic (exact) mass is 236 g/mol. The van der Waals surface area contributed by atoms with Gasteiger partial charge >= 0.3 is 0 Å². The van der Waals surface area contributed by atoms with Crippen LogP contribution < -0.4 is 5.32 Å². The minimum absolute atomic E-state index is 0.815. The zero-order valence-corrected chi connectivity index (χ0v) is 10.4. The van der Waals surface area contributed by atoms with E-state index in [9.17, 15) is 0 Å². The third kappa shape index (κ3) is 2.61. The molecule has 16 heavy (non-hydrogen) atoms. The molecule has 0 aromatic carbocycles. The first kappa shape index (κ1) is 11.1. The molecular weight excluding hydrogens is 220 g/mol.